The third-order valence-corrected chi connectivity index (χ3v) is 4.89. The number of nitrogens with zero attached hydrogens (tertiary/aromatic N) is 3. The van der Waals surface area contributed by atoms with Crippen LogP contribution in [0.4, 0.5) is 4.39 Å². The summed E-state index contributed by atoms with van der Waals surface area (Å²) in [5.74, 6) is 0.524. The molecule has 4 nitrogen and oxygen atoms in total. The van der Waals surface area contributed by atoms with Crippen molar-refractivity contribution in [3.8, 4) is 11.4 Å². The quantitative estimate of drug-likeness (QED) is 0.649. The molecular formula is C20H24FN3O. The first kappa shape index (κ1) is 17.5. The minimum atomic E-state index is -0.442. The van der Waals surface area contributed by atoms with Crippen LogP contribution in [0.5, 0.6) is 0 Å². The molecule has 0 N–H and O–H groups in total. The molecular weight excluding hydrogens is 317 g/mol. The lowest BCUT2D eigenvalue weighted by atomic mass is 9.98. The van der Waals surface area contributed by atoms with Gasteiger partial charge in [-0.1, -0.05) is 6.92 Å². The van der Waals surface area contributed by atoms with E-state index < -0.39 is 5.60 Å². The van der Waals surface area contributed by atoms with Crippen LogP contribution in [-0.4, -0.2) is 21.6 Å². The lowest BCUT2D eigenvalue weighted by Gasteiger charge is -2.23. The Morgan fingerprint density at radius 1 is 1.24 bits per heavy atom. The van der Waals surface area contributed by atoms with Crippen LogP contribution in [0.3, 0.4) is 0 Å². The second-order valence-electron chi connectivity index (χ2n) is 6.87. The van der Waals surface area contributed by atoms with Crippen molar-refractivity contribution in [1.29, 1.82) is 0 Å². The van der Waals surface area contributed by atoms with Gasteiger partial charge >= 0.3 is 0 Å². The number of benzene rings is 1. The van der Waals surface area contributed by atoms with Gasteiger partial charge in [0.05, 0.1) is 16.6 Å². The first-order valence-corrected chi connectivity index (χ1v) is 8.56. The molecule has 2 aromatic heterocycles. The Morgan fingerprint density at radius 3 is 2.68 bits per heavy atom. The molecule has 5 heteroatoms. The largest absolute Gasteiger partial charge is 0.374 e. The average molecular weight is 341 g/mol. The highest BCUT2D eigenvalue weighted by Crippen LogP contribution is 2.32. The predicted molar refractivity (Wildman–Crippen MR) is 98.0 cm³/mol. The van der Waals surface area contributed by atoms with Gasteiger partial charge in [-0.3, -0.25) is 4.98 Å². The maximum absolute atomic E-state index is 13.7. The van der Waals surface area contributed by atoms with Gasteiger partial charge < -0.3 is 9.30 Å². The van der Waals surface area contributed by atoms with E-state index in [0.717, 1.165) is 28.9 Å². The number of halogens is 1. The van der Waals surface area contributed by atoms with Crippen molar-refractivity contribution >= 4 is 11.0 Å². The number of pyridine rings is 1. The van der Waals surface area contributed by atoms with Gasteiger partial charge in [0, 0.05) is 42.7 Å². The van der Waals surface area contributed by atoms with Crippen LogP contribution in [0.1, 0.15) is 45.7 Å². The number of methoxy groups -OCH3 is 1. The van der Waals surface area contributed by atoms with E-state index in [2.05, 4.69) is 23.4 Å². The standard InChI is InChI=1S/C20H24FN3O/c1-6-13(2)24-18-8-7-16(21)10-17(18)23-19(24)14-9-15(12-22-11-14)20(3,4)25-5/h7-13H,6H2,1-5H3. The molecule has 0 bridgehead atoms. The van der Waals surface area contributed by atoms with Crippen LogP contribution in [0.2, 0.25) is 0 Å². The normalized spacial score (nSPS) is 13.4. The topological polar surface area (TPSA) is 39.9 Å². The van der Waals surface area contributed by atoms with E-state index in [1.165, 1.54) is 12.1 Å². The zero-order valence-electron chi connectivity index (χ0n) is 15.4. The number of imidazole rings is 1. The third kappa shape index (κ3) is 3.16. The van der Waals surface area contributed by atoms with Crippen molar-refractivity contribution in [2.75, 3.05) is 7.11 Å². The number of ether oxygens (including phenoxy) is 1. The van der Waals surface area contributed by atoms with Crippen LogP contribution in [0, 0.1) is 5.82 Å². The van der Waals surface area contributed by atoms with Crippen molar-refractivity contribution in [3.63, 3.8) is 0 Å². The molecule has 0 aliphatic rings. The first-order valence-electron chi connectivity index (χ1n) is 8.56. The lowest BCUT2D eigenvalue weighted by molar-refractivity contribution is 0.0190. The smallest absolute Gasteiger partial charge is 0.142 e. The van der Waals surface area contributed by atoms with Gasteiger partial charge in [0.1, 0.15) is 11.6 Å². The van der Waals surface area contributed by atoms with Crippen molar-refractivity contribution in [3.05, 3.63) is 48.0 Å². The summed E-state index contributed by atoms with van der Waals surface area (Å²) in [6.45, 7) is 8.28. The van der Waals surface area contributed by atoms with Crippen molar-refractivity contribution in [2.24, 2.45) is 0 Å². The zero-order valence-corrected chi connectivity index (χ0v) is 15.4. The van der Waals surface area contributed by atoms with Crippen LogP contribution in [0.25, 0.3) is 22.4 Å². The summed E-state index contributed by atoms with van der Waals surface area (Å²) in [5.41, 5.74) is 3.03. The van der Waals surface area contributed by atoms with Gasteiger partial charge in [-0.25, -0.2) is 9.37 Å². The Balaban J connectivity index is 2.23. The van der Waals surface area contributed by atoms with Gasteiger partial charge in [-0.2, -0.15) is 0 Å². The molecule has 0 saturated carbocycles. The molecule has 2 heterocycles. The summed E-state index contributed by atoms with van der Waals surface area (Å²) < 4.78 is 21.4. The van der Waals surface area contributed by atoms with E-state index >= 15 is 0 Å². The number of rotatable bonds is 5. The summed E-state index contributed by atoms with van der Waals surface area (Å²) in [7, 11) is 1.68. The number of aromatic nitrogens is 3. The van der Waals surface area contributed by atoms with Crippen LogP contribution >= 0.6 is 0 Å². The molecule has 0 aliphatic heterocycles. The van der Waals surface area contributed by atoms with Gasteiger partial charge in [0.15, 0.2) is 0 Å². The number of hydrogen-bond donors (Lipinski definition) is 0. The molecule has 0 fully saturated rings. The minimum absolute atomic E-state index is 0.240. The van der Waals surface area contributed by atoms with Crippen molar-refractivity contribution in [1.82, 2.24) is 14.5 Å². The monoisotopic (exact) mass is 341 g/mol. The van der Waals surface area contributed by atoms with Gasteiger partial charge in [-0.05, 0) is 45.4 Å². The van der Waals surface area contributed by atoms with Gasteiger partial charge in [0.25, 0.3) is 0 Å². The molecule has 0 saturated heterocycles. The number of fused-ring (bicyclic) bond motifs is 1. The van der Waals surface area contributed by atoms with Crippen LogP contribution in [0.15, 0.2) is 36.7 Å². The molecule has 1 atom stereocenters. The molecule has 1 aromatic carbocycles. The van der Waals surface area contributed by atoms with Gasteiger partial charge in [-0.15, -0.1) is 0 Å². The van der Waals surface area contributed by atoms with Gasteiger partial charge in [0.2, 0.25) is 0 Å². The number of hydrogen-bond acceptors (Lipinski definition) is 3. The predicted octanol–water partition coefficient (Wildman–Crippen LogP) is 5.09. The molecule has 3 rings (SSSR count). The fourth-order valence-electron chi connectivity index (χ4n) is 2.91. The summed E-state index contributed by atoms with van der Waals surface area (Å²) in [6, 6.07) is 7.05. The molecule has 0 amide bonds. The Labute approximate surface area is 147 Å². The Bertz CT molecular complexity index is 901. The van der Waals surface area contributed by atoms with E-state index in [0.29, 0.717) is 5.52 Å². The maximum atomic E-state index is 13.7. The Morgan fingerprint density at radius 2 is 2.00 bits per heavy atom. The third-order valence-electron chi connectivity index (χ3n) is 4.89. The molecule has 25 heavy (non-hydrogen) atoms. The van der Waals surface area contributed by atoms with E-state index in [1.807, 2.05) is 26.1 Å². The van der Waals surface area contributed by atoms with Crippen molar-refractivity contribution in [2.45, 2.75) is 45.8 Å². The van der Waals surface area contributed by atoms with Crippen LogP contribution in [-0.2, 0) is 10.3 Å². The summed E-state index contributed by atoms with van der Waals surface area (Å²) >= 11 is 0. The average Bonchev–Trinajstić information content (AvgIpc) is 2.99. The minimum Gasteiger partial charge on any atom is -0.374 e. The summed E-state index contributed by atoms with van der Waals surface area (Å²) in [6.07, 6.45) is 4.56. The molecule has 132 valence electrons. The lowest BCUT2D eigenvalue weighted by Crippen LogP contribution is -2.19. The van der Waals surface area contributed by atoms with Crippen molar-refractivity contribution < 1.29 is 9.13 Å². The summed E-state index contributed by atoms with van der Waals surface area (Å²) in [4.78, 5) is 9.09. The molecule has 3 aromatic rings. The first-order chi connectivity index (χ1) is 11.9. The highest BCUT2D eigenvalue weighted by atomic mass is 19.1. The Kier molecular flexibility index (Phi) is 4.60. The van der Waals surface area contributed by atoms with E-state index in [1.54, 1.807) is 19.4 Å². The fourth-order valence-corrected chi connectivity index (χ4v) is 2.91. The molecule has 0 radical (unpaired) electrons. The second-order valence-corrected chi connectivity index (χ2v) is 6.87. The highest BCUT2D eigenvalue weighted by molar-refractivity contribution is 5.81. The Hall–Kier alpha value is -2.27. The molecule has 0 aliphatic carbocycles. The highest BCUT2D eigenvalue weighted by Gasteiger charge is 2.22. The maximum Gasteiger partial charge on any atom is 0.142 e. The molecule has 0 spiro atoms. The second kappa shape index (κ2) is 6.56. The van der Waals surface area contributed by atoms with E-state index in [4.69, 9.17) is 9.72 Å². The SMILES string of the molecule is CCC(C)n1c(-c2cncc(C(C)(C)OC)c2)nc2cc(F)ccc21. The van der Waals surface area contributed by atoms with E-state index in [9.17, 15) is 4.39 Å². The zero-order chi connectivity index (χ0) is 18.2. The van der Waals surface area contributed by atoms with E-state index in [-0.39, 0.29) is 11.9 Å². The fraction of sp³-hybridized carbons (Fsp3) is 0.400. The summed E-state index contributed by atoms with van der Waals surface area (Å²) in [5, 5.41) is 0. The van der Waals surface area contributed by atoms with Crippen LogP contribution < -0.4 is 0 Å². The molecule has 1 unspecified atom stereocenters.